The lowest BCUT2D eigenvalue weighted by Crippen LogP contribution is -2.32. The van der Waals surface area contributed by atoms with Crippen molar-refractivity contribution in [1.82, 2.24) is 5.32 Å². The van der Waals surface area contributed by atoms with Crippen molar-refractivity contribution >= 4 is 32.9 Å². The highest BCUT2D eigenvalue weighted by Gasteiger charge is 2.13. The molecule has 1 atom stereocenters. The van der Waals surface area contributed by atoms with Crippen LogP contribution >= 0.6 is 12.2 Å². The van der Waals surface area contributed by atoms with Gasteiger partial charge in [-0.15, -0.1) is 0 Å². The van der Waals surface area contributed by atoms with Crippen LogP contribution in [0.4, 0.5) is 5.69 Å². The lowest BCUT2D eigenvalue weighted by atomic mass is 10.1. The van der Waals surface area contributed by atoms with Gasteiger partial charge in [0.15, 0.2) is 14.9 Å². The second-order valence-corrected chi connectivity index (χ2v) is 8.45. The SMILES string of the molecule is C=CCOc1ccc(NC(=S)NC(CC)c2ccc(S(C)(=O)=O)cc2)cc1. The van der Waals surface area contributed by atoms with Crippen LogP contribution in [-0.2, 0) is 9.84 Å². The van der Waals surface area contributed by atoms with Crippen molar-refractivity contribution in [3.8, 4) is 5.75 Å². The first kappa shape index (κ1) is 20.9. The first-order chi connectivity index (χ1) is 12.8. The maximum absolute atomic E-state index is 11.6. The third-order valence-electron chi connectivity index (χ3n) is 3.90. The molecule has 0 spiro atoms. The number of hydrogen-bond acceptors (Lipinski definition) is 4. The number of ether oxygens (including phenoxy) is 1. The van der Waals surface area contributed by atoms with Crippen LogP contribution in [-0.4, -0.2) is 26.4 Å². The normalized spacial score (nSPS) is 12.1. The van der Waals surface area contributed by atoms with Gasteiger partial charge < -0.3 is 15.4 Å². The highest BCUT2D eigenvalue weighted by Crippen LogP contribution is 2.20. The van der Waals surface area contributed by atoms with Crippen molar-refractivity contribution in [2.45, 2.75) is 24.3 Å². The first-order valence-electron chi connectivity index (χ1n) is 8.54. The molecular formula is C20H24N2O3S2. The minimum atomic E-state index is -3.20. The van der Waals surface area contributed by atoms with Gasteiger partial charge in [0, 0.05) is 11.9 Å². The first-order valence-corrected chi connectivity index (χ1v) is 10.8. The third-order valence-corrected chi connectivity index (χ3v) is 5.25. The van der Waals surface area contributed by atoms with Gasteiger partial charge in [-0.05, 0) is 60.6 Å². The van der Waals surface area contributed by atoms with E-state index in [0.29, 0.717) is 16.6 Å². The molecule has 0 aromatic heterocycles. The third kappa shape index (κ3) is 6.37. The number of anilines is 1. The molecular weight excluding hydrogens is 380 g/mol. The van der Waals surface area contributed by atoms with Crippen molar-refractivity contribution < 1.29 is 13.2 Å². The van der Waals surface area contributed by atoms with Gasteiger partial charge in [-0.1, -0.05) is 31.7 Å². The molecule has 2 N–H and O–H groups in total. The van der Waals surface area contributed by atoms with Crippen molar-refractivity contribution in [2.24, 2.45) is 0 Å². The van der Waals surface area contributed by atoms with E-state index in [9.17, 15) is 8.42 Å². The summed E-state index contributed by atoms with van der Waals surface area (Å²) in [5.74, 6) is 0.761. The molecule has 2 aromatic carbocycles. The highest BCUT2D eigenvalue weighted by atomic mass is 32.2. The molecule has 27 heavy (non-hydrogen) atoms. The van der Waals surface area contributed by atoms with Crippen LogP contribution in [0.15, 0.2) is 66.1 Å². The molecule has 0 aliphatic carbocycles. The Labute approximate surface area is 166 Å². The Hall–Kier alpha value is -2.38. The van der Waals surface area contributed by atoms with Crippen molar-refractivity contribution in [3.63, 3.8) is 0 Å². The summed E-state index contributed by atoms with van der Waals surface area (Å²) in [7, 11) is -3.20. The fourth-order valence-electron chi connectivity index (χ4n) is 2.48. The number of thiocarbonyl (C=S) groups is 1. The smallest absolute Gasteiger partial charge is 0.175 e. The van der Waals surface area contributed by atoms with Gasteiger partial charge in [0.2, 0.25) is 0 Å². The summed E-state index contributed by atoms with van der Waals surface area (Å²) in [6.45, 7) is 6.12. The van der Waals surface area contributed by atoms with Crippen LogP contribution in [0.1, 0.15) is 24.9 Å². The van der Waals surface area contributed by atoms with Crippen LogP contribution in [0.25, 0.3) is 0 Å². The van der Waals surface area contributed by atoms with Crippen LogP contribution < -0.4 is 15.4 Å². The van der Waals surface area contributed by atoms with Crippen molar-refractivity contribution in [3.05, 3.63) is 66.7 Å². The van der Waals surface area contributed by atoms with Crippen LogP contribution in [0.3, 0.4) is 0 Å². The van der Waals surface area contributed by atoms with Crippen LogP contribution in [0, 0.1) is 0 Å². The zero-order valence-electron chi connectivity index (χ0n) is 15.4. The van der Waals surface area contributed by atoms with Gasteiger partial charge in [0.1, 0.15) is 12.4 Å². The molecule has 0 aliphatic rings. The van der Waals surface area contributed by atoms with E-state index in [-0.39, 0.29) is 6.04 Å². The maximum Gasteiger partial charge on any atom is 0.175 e. The Kier molecular flexibility index (Phi) is 7.38. The predicted molar refractivity (Wildman–Crippen MR) is 114 cm³/mol. The summed E-state index contributed by atoms with van der Waals surface area (Å²) in [5, 5.41) is 6.90. The van der Waals surface area contributed by atoms with Crippen LogP contribution in [0.5, 0.6) is 5.75 Å². The fraction of sp³-hybridized carbons (Fsp3) is 0.250. The predicted octanol–water partition coefficient (Wildman–Crippen LogP) is 4.09. The van der Waals surface area contributed by atoms with Gasteiger partial charge in [-0.25, -0.2) is 8.42 Å². The topological polar surface area (TPSA) is 67.4 Å². The molecule has 2 rings (SSSR count). The van der Waals surface area contributed by atoms with E-state index >= 15 is 0 Å². The summed E-state index contributed by atoms with van der Waals surface area (Å²) in [6.07, 6.45) is 3.69. The van der Waals surface area contributed by atoms with Crippen molar-refractivity contribution in [2.75, 3.05) is 18.2 Å². The molecule has 0 radical (unpaired) electrons. The Bertz CT molecular complexity index is 876. The summed E-state index contributed by atoms with van der Waals surface area (Å²) in [6, 6.07) is 14.3. The molecule has 1 unspecified atom stereocenters. The monoisotopic (exact) mass is 404 g/mol. The van der Waals surface area contributed by atoms with Gasteiger partial charge >= 0.3 is 0 Å². The standard InChI is InChI=1S/C20H24N2O3S2/c1-4-14-25-17-10-8-16(9-11-17)21-20(26)22-19(5-2)15-6-12-18(13-7-15)27(3,23)24/h4,6-13,19H,1,5,14H2,2-3H3,(H2,21,22,26). The van der Waals surface area contributed by atoms with E-state index in [0.717, 1.165) is 23.4 Å². The highest BCUT2D eigenvalue weighted by molar-refractivity contribution is 7.90. The Morgan fingerprint density at radius 1 is 1.19 bits per heavy atom. The summed E-state index contributed by atoms with van der Waals surface area (Å²) < 4.78 is 28.6. The molecule has 0 aliphatic heterocycles. The molecule has 144 valence electrons. The quantitative estimate of drug-likeness (QED) is 0.510. The second-order valence-electron chi connectivity index (χ2n) is 6.02. The van der Waals surface area contributed by atoms with E-state index < -0.39 is 9.84 Å². The zero-order chi connectivity index (χ0) is 19.9. The molecule has 0 saturated carbocycles. The van der Waals surface area contributed by atoms with Gasteiger partial charge in [-0.3, -0.25) is 0 Å². The van der Waals surface area contributed by atoms with E-state index in [4.69, 9.17) is 17.0 Å². The van der Waals surface area contributed by atoms with Crippen LogP contribution in [0.2, 0.25) is 0 Å². The molecule has 2 aromatic rings. The molecule has 0 amide bonds. The average molecular weight is 405 g/mol. The number of rotatable bonds is 8. The Balaban J connectivity index is 1.99. The summed E-state index contributed by atoms with van der Waals surface area (Å²) in [4.78, 5) is 0.306. The average Bonchev–Trinajstić information content (AvgIpc) is 2.65. The molecule has 7 heteroatoms. The number of hydrogen-bond donors (Lipinski definition) is 2. The Morgan fingerprint density at radius 2 is 1.81 bits per heavy atom. The van der Waals surface area contributed by atoms with E-state index in [1.165, 1.54) is 6.26 Å². The summed E-state index contributed by atoms with van der Waals surface area (Å²) >= 11 is 5.40. The molecule has 5 nitrogen and oxygen atoms in total. The maximum atomic E-state index is 11.6. The van der Waals surface area contributed by atoms with Gasteiger partial charge in [0.25, 0.3) is 0 Å². The number of nitrogens with one attached hydrogen (secondary N) is 2. The number of benzene rings is 2. The lowest BCUT2D eigenvalue weighted by molar-refractivity contribution is 0.363. The molecule has 0 bridgehead atoms. The van der Waals surface area contributed by atoms with E-state index in [2.05, 4.69) is 17.2 Å². The minimum absolute atomic E-state index is 0.0196. The summed E-state index contributed by atoms with van der Waals surface area (Å²) in [5.41, 5.74) is 1.82. The second kappa shape index (κ2) is 9.53. The number of sulfone groups is 1. The van der Waals surface area contributed by atoms with E-state index in [1.54, 1.807) is 18.2 Å². The molecule has 0 saturated heterocycles. The van der Waals surface area contributed by atoms with E-state index in [1.807, 2.05) is 43.3 Å². The van der Waals surface area contributed by atoms with Gasteiger partial charge in [0.05, 0.1) is 10.9 Å². The lowest BCUT2D eigenvalue weighted by Gasteiger charge is -2.20. The molecule has 0 fully saturated rings. The molecule has 0 heterocycles. The fourth-order valence-corrected chi connectivity index (χ4v) is 3.37. The largest absolute Gasteiger partial charge is 0.490 e. The minimum Gasteiger partial charge on any atom is -0.490 e. The Morgan fingerprint density at radius 3 is 2.33 bits per heavy atom. The van der Waals surface area contributed by atoms with Gasteiger partial charge in [-0.2, -0.15) is 0 Å². The van der Waals surface area contributed by atoms with Crippen molar-refractivity contribution in [1.29, 1.82) is 0 Å². The zero-order valence-corrected chi connectivity index (χ0v) is 17.1.